The van der Waals surface area contributed by atoms with Crippen molar-refractivity contribution in [3.8, 4) is 11.5 Å². The molecule has 0 saturated carbocycles. The first-order valence-corrected chi connectivity index (χ1v) is 10.7. The second kappa shape index (κ2) is 11.6. The van der Waals surface area contributed by atoms with Crippen LogP contribution >= 0.6 is 35.4 Å². The third-order valence-corrected chi connectivity index (χ3v) is 4.72. The molecule has 0 heterocycles. The number of rotatable bonds is 8. The Hall–Kier alpha value is -2.80. The monoisotopic (exact) mass is 473 g/mol. The first-order chi connectivity index (χ1) is 15.0. The van der Waals surface area contributed by atoms with Crippen molar-refractivity contribution in [1.29, 1.82) is 0 Å². The molecule has 0 spiro atoms. The van der Waals surface area contributed by atoms with Crippen molar-refractivity contribution in [1.82, 2.24) is 5.43 Å². The summed E-state index contributed by atoms with van der Waals surface area (Å²) in [5, 5.41) is 8.86. The topological polar surface area (TPSA) is 54.9 Å². The Morgan fingerprint density at radius 3 is 2.52 bits per heavy atom. The van der Waals surface area contributed by atoms with E-state index in [1.54, 1.807) is 18.3 Å². The molecule has 0 aliphatic carbocycles. The van der Waals surface area contributed by atoms with E-state index in [4.69, 9.17) is 44.9 Å². The first-order valence-electron chi connectivity index (χ1n) is 9.53. The second-order valence-corrected chi connectivity index (χ2v) is 7.67. The zero-order valence-corrected chi connectivity index (χ0v) is 19.1. The van der Waals surface area contributed by atoms with Crippen molar-refractivity contribution in [3.05, 3.63) is 87.9 Å². The Bertz CT molecular complexity index is 1060. The quantitative estimate of drug-likeness (QED) is 0.228. The van der Waals surface area contributed by atoms with Crippen LogP contribution in [0.15, 0.2) is 71.8 Å². The maximum Gasteiger partial charge on any atom is 0.191 e. The van der Waals surface area contributed by atoms with Crippen LogP contribution in [-0.4, -0.2) is 17.9 Å². The van der Waals surface area contributed by atoms with E-state index in [1.807, 2.05) is 61.5 Å². The smallest absolute Gasteiger partial charge is 0.191 e. The fraction of sp³-hybridized carbons (Fsp3) is 0.130. The van der Waals surface area contributed by atoms with E-state index in [9.17, 15) is 0 Å². The lowest BCUT2D eigenvalue weighted by Crippen LogP contribution is -2.23. The van der Waals surface area contributed by atoms with Crippen LogP contribution in [0.1, 0.15) is 18.1 Å². The summed E-state index contributed by atoms with van der Waals surface area (Å²) in [5.41, 5.74) is 5.41. The van der Waals surface area contributed by atoms with Crippen molar-refractivity contribution in [2.24, 2.45) is 5.10 Å². The van der Waals surface area contributed by atoms with Crippen LogP contribution in [0.3, 0.4) is 0 Å². The minimum atomic E-state index is 0.353. The van der Waals surface area contributed by atoms with Gasteiger partial charge in [0.05, 0.1) is 12.8 Å². The average Bonchev–Trinajstić information content (AvgIpc) is 2.74. The minimum absolute atomic E-state index is 0.353. The van der Waals surface area contributed by atoms with Gasteiger partial charge >= 0.3 is 0 Å². The molecule has 3 rings (SSSR count). The number of nitrogens with zero attached hydrogens (tertiary/aromatic N) is 1. The van der Waals surface area contributed by atoms with Crippen LogP contribution in [0.25, 0.3) is 0 Å². The van der Waals surface area contributed by atoms with Crippen molar-refractivity contribution in [3.63, 3.8) is 0 Å². The highest BCUT2D eigenvalue weighted by atomic mass is 35.5. The van der Waals surface area contributed by atoms with Gasteiger partial charge in [-0.2, -0.15) is 5.10 Å². The predicted octanol–water partition coefficient (Wildman–Crippen LogP) is 6.29. The first kappa shape index (κ1) is 22.9. The highest BCUT2D eigenvalue weighted by Crippen LogP contribution is 2.29. The Balaban J connectivity index is 1.60. The summed E-state index contributed by atoms with van der Waals surface area (Å²) in [7, 11) is 0. The van der Waals surface area contributed by atoms with Crippen molar-refractivity contribution < 1.29 is 9.47 Å². The third-order valence-electron chi connectivity index (χ3n) is 4.04. The Morgan fingerprint density at radius 2 is 1.77 bits per heavy atom. The van der Waals surface area contributed by atoms with Gasteiger partial charge < -0.3 is 14.8 Å². The molecule has 0 aromatic heterocycles. The molecule has 0 saturated heterocycles. The lowest BCUT2D eigenvalue weighted by atomic mass is 10.2. The zero-order valence-electron chi connectivity index (χ0n) is 16.8. The molecule has 5 nitrogen and oxygen atoms in total. The van der Waals surface area contributed by atoms with Crippen LogP contribution in [0.2, 0.25) is 10.0 Å². The molecule has 31 heavy (non-hydrogen) atoms. The molecular weight excluding hydrogens is 453 g/mol. The molecule has 160 valence electrons. The summed E-state index contributed by atoms with van der Waals surface area (Å²) in [5.74, 6) is 1.29. The van der Waals surface area contributed by atoms with E-state index in [-0.39, 0.29) is 0 Å². The van der Waals surface area contributed by atoms with E-state index in [0.717, 1.165) is 16.8 Å². The maximum absolute atomic E-state index is 5.97. The molecule has 0 bridgehead atoms. The number of benzene rings is 3. The number of halogens is 2. The summed E-state index contributed by atoms with van der Waals surface area (Å²) < 4.78 is 11.6. The maximum atomic E-state index is 5.97. The fourth-order valence-corrected chi connectivity index (χ4v) is 3.11. The molecular formula is C23H21Cl2N3O2S. The van der Waals surface area contributed by atoms with Gasteiger partial charge in [-0.3, -0.25) is 5.43 Å². The molecule has 0 aliphatic heterocycles. The average molecular weight is 474 g/mol. The molecule has 0 atom stereocenters. The molecule has 0 amide bonds. The molecule has 8 heteroatoms. The zero-order chi connectivity index (χ0) is 22.1. The Kier molecular flexibility index (Phi) is 8.53. The van der Waals surface area contributed by atoms with Gasteiger partial charge in [0.1, 0.15) is 6.61 Å². The van der Waals surface area contributed by atoms with Crippen LogP contribution < -0.4 is 20.2 Å². The van der Waals surface area contributed by atoms with Gasteiger partial charge in [-0.1, -0.05) is 41.4 Å². The van der Waals surface area contributed by atoms with Crippen LogP contribution in [0, 0.1) is 0 Å². The number of nitrogens with one attached hydrogen (secondary N) is 2. The second-order valence-electron chi connectivity index (χ2n) is 6.39. The summed E-state index contributed by atoms with van der Waals surface area (Å²) in [6, 6.07) is 20.4. The molecule has 0 unspecified atom stereocenters. The molecule has 0 radical (unpaired) electrons. The molecule has 0 aliphatic rings. The molecule has 2 N–H and O–H groups in total. The summed E-state index contributed by atoms with van der Waals surface area (Å²) in [6.45, 7) is 2.85. The summed E-state index contributed by atoms with van der Waals surface area (Å²) >= 11 is 17.1. The van der Waals surface area contributed by atoms with E-state index in [2.05, 4.69) is 15.8 Å². The summed E-state index contributed by atoms with van der Waals surface area (Å²) in [4.78, 5) is 0. The largest absolute Gasteiger partial charge is 0.490 e. The SMILES string of the molecule is CCOc1cc(/C=N\NC(=S)Nc2cccc(Cl)c2)ccc1OCc1ccc(Cl)cc1. The van der Waals surface area contributed by atoms with E-state index in [0.29, 0.717) is 39.9 Å². The molecule has 3 aromatic carbocycles. The van der Waals surface area contributed by atoms with Crippen molar-refractivity contribution in [2.75, 3.05) is 11.9 Å². The third kappa shape index (κ3) is 7.43. The van der Waals surface area contributed by atoms with E-state index in [1.165, 1.54) is 0 Å². The van der Waals surface area contributed by atoms with Gasteiger partial charge in [0.25, 0.3) is 0 Å². The number of thiocarbonyl (C=S) groups is 1. The Labute approximate surface area is 197 Å². The highest BCUT2D eigenvalue weighted by molar-refractivity contribution is 7.80. The van der Waals surface area contributed by atoms with Gasteiger partial charge in [0.2, 0.25) is 0 Å². The minimum Gasteiger partial charge on any atom is -0.490 e. The predicted molar refractivity (Wildman–Crippen MR) is 132 cm³/mol. The van der Waals surface area contributed by atoms with E-state index < -0.39 is 0 Å². The number of anilines is 1. The standard InChI is InChI=1S/C23H21Cl2N3O2S/c1-2-29-22-12-17(8-11-21(22)30-15-16-6-9-18(24)10-7-16)14-26-28-23(31)27-20-5-3-4-19(25)13-20/h3-14H,2,15H2,1H3,(H2,27,28,31)/b26-14-. The lowest BCUT2D eigenvalue weighted by molar-refractivity contribution is 0.269. The molecule has 3 aromatic rings. The normalized spacial score (nSPS) is 10.7. The van der Waals surface area contributed by atoms with Crippen LogP contribution in [-0.2, 0) is 6.61 Å². The van der Waals surface area contributed by atoms with Gasteiger partial charge in [-0.25, -0.2) is 0 Å². The number of hydrazone groups is 1. The van der Waals surface area contributed by atoms with Crippen molar-refractivity contribution >= 4 is 52.4 Å². The number of hydrogen-bond acceptors (Lipinski definition) is 4. The number of ether oxygens (including phenoxy) is 2. The number of hydrogen-bond donors (Lipinski definition) is 2. The van der Waals surface area contributed by atoms with E-state index >= 15 is 0 Å². The van der Waals surface area contributed by atoms with Crippen LogP contribution in [0.4, 0.5) is 5.69 Å². The Morgan fingerprint density at radius 1 is 0.968 bits per heavy atom. The van der Waals surface area contributed by atoms with Crippen molar-refractivity contribution in [2.45, 2.75) is 13.5 Å². The van der Waals surface area contributed by atoms with Gasteiger partial charge in [0, 0.05) is 15.7 Å². The lowest BCUT2D eigenvalue weighted by Gasteiger charge is -2.13. The van der Waals surface area contributed by atoms with Gasteiger partial charge in [-0.15, -0.1) is 0 Å². The summed E-state index contributed by atoms with van der Waals surface area (Å²) in [6.07, 6.45) is 1.65. The molecule has 0 fully saturated rings. The highest BCUT2D eigenvalue weighted by Gasteiger charge is 2.07. The van der Waals surface area contributed by atoms with Gasteiger partial charge in [-0.05, 0) is 78.8 Å². The van der Waals surface area contributed by atoms with Gasteiger partial charge in [0.15, 0.2) is 16.6 Å². The fourth-order valence-electron chi connectivity index (χ4n) is 2.62. The van der Waals surface area contributed by atoms with Crippen LogP contribution in [0.5, 0.6) is 11.5 Å².